The molecule has 0 radical (unpaired) electrons. The van der Waals surface area contributed by atoms with Crippen LogP contribution in [-0.2, 0) is 18.8 Å². The molecule has 0 fully saturated rings. The highest BCUT2D eigenvalue weighted by atomic mass is 127. The third-order valence-electron chi connectivity index (χ3n) is 4.82. The largest absolute Gasteiger partial charge is 0.473 e. The summed E-state index contributed by atoms with van der Waals surface area (Å²) in [5, 5.41) is 17.3. The fraction of sp³-hybridized carbons (Fsp3) is 0.280. The van der Waals surface area contributed by atoms with Gasteiger partial charge in [-0.1, -0.05) is 66.7 Å². The minimum Gasteiger partial charge on any atom is -0.473 e. The van der Waals surface area contributed by atoms with Gasteiger partial charge >= 0.3 is 0 Å². The molecule has 1 unspecified atom stereocenters. The zero-order chi connectivity index (χ0) is 21.9. The summed E-state index contributed by atoms with van der Waals surface area (Å²) in [5.74, 6) is 1.19. The van der Waals surface area contributed by atoms with Crippen molar-refractivity contribution < 1.29 is 9.84 Å². The van der Waals surface area contributed by atoms with E-state index in [2.05, 4.69) is 20.6 Å². The monoisotopic (exact) mass is 546 g/mol. The Morgan fingerprint density at radius 3 is 2.38 bits per heavy atom. The van der Waals surface area contributed by atoms with Crippen LogP contribution in [0, 0.1) is 0 Å². The number of ether oxygens (including phenoxy) is 1. The van der Waals surface area contributed by atoms with Gasteiger partial charge in [0.15, 0.2) is 5.96 Å². The Hall–Kier alpha value is -2.65. The van der Waals surface area contributed by atoms with Gasteiger partial charge in [-0.05, 0) is 31.0 Å². The fourth-order valence-corrected chi connectivity index (χ4v) is 3.06. The second kappa shape index (κ2) is 13.0. The summed E-state index contributed by atoms with van der Waals surface area (Å²) in [5.41, 5.74) is 1.81. The number of aliphatic hydroxyl groups is 1. The molecule has 1 heterocycles. The van der Waals surface area contributed by atoms with Crippen LogP contribution in [0.3, 0.4) is 0 Å². The number of nitrogens with one attached hydrogen (secondary N) is 2. The van der Waals surface area contributed by atoms with Gasteiger partial charge in [-0.3, -0.25) is 0 Å². The molecule has 32 heavy (non-hydrogen) atoms. The molecule has 170 valence electrons. The van der Waals surface area contributed by atoms with Gasteiger partial charge in [0.1, 0.15) is 12.2 Å². The Bertz CT molecular complexity index is 966. The van der Waals surface area contributed by atoms with E-state index >= 15 is 0 Å². The Morgan fingerprint density at radius 2 is 1.69 bits per heavy atom. The van der Waals surface area contributed by atoms with E-state index in [1.165, 1.54) is 0 Å². The van der Waals surface area contributed by atoms with Crippen molar-refractivity contribution in [3.05, 3.63) is 95.7 Å². The number of aliphatic imine (C=N–C) groups is 1. The molecular weight excluding hydrogens is 515 g/mol. The topological polar surface area (TPSA) is 78.8 Å². The molecule has 3 rings (SSSR count). The molecule has 2 aromatic carbocycles. The number of pyridine rings is 1. The van der Waals surface area contributed by atoms with Crippen LogP contribution >= 0.6 is 24.0 Å². The van der Waals surface area contributed by atoms with Crippen LogP contribution in [0.2, 0.25) is 0 Å². The van der Waals surface area contributed by atoms with E-state index in [0.29, 0.717) is 38.1 Å². The lowest BCUT2D eigenvalue weighted by Gasteiger charge is -2.25. The smallest absolute Gasteiger partial charge is 0.218 e. The van der Waals surface area contributed by atoms with Crippen molar-refractivity contribution in [3.8, 4) is 5.88 Å². The first-order chi connectivity index (χ1) is 15.1. The minimum atomic E-state index is -1.02. The first kappa shape index (κ1) is 25.6. The van der Waals surface area contributed by atoms with Crippen LogP contribution in [0.25, 0.3) is 0 Å². The average Bonchev–Trinajstić information content (AvgIpc) is 2.81. The number of rotatable bonds is 9. The van der Waals surface area contributed by atoms with Gasteiger partial charge in [0.2, 0.25) is 5.88 Å². The summed E-state index contributed by atoms with van der Waals surface area (Å²) in [6, 6.07) is 23.4. The van der Waals surface area contributed by atoms with Gasteiger partial charge < -0.3 is 20.5 Å². The van der Waals surface area contributed by atoms with Crippen molar-refractivity contribution in [1.29, 1.82) is 0 Å². The van der Waals surface area contributed by atoms with Crippen molar-refractivity contribution in [1.82, 2.24) is 15.6 Å². The molecule has 0 spiro atoms. The van der Waals surface area contributed by atoms with E-state index < -0.39 is 5.60 Å². The normalized spacial score (nSPS) is 12.9. The van der Waals surface area contributed by atoms with Crippen molar-refractivity contribution in [2.24, 2.45) is 4.99 Å². The lowest BCUT2D eigenvalue weighted by Crippen LogP contribution is -2.44. The second-order valence-electron chi connectivity index (χ2n) is 7.43. The molecule has 6 nitrogen and oxygen atoms in total. The average molecular weight is 546 g/mol. The lowest BCUT2D eigenvalue weighted by molar-refractivity contribution is 0.0617. The van der Waals surface area contributed by atoms with Crippen molar-refractivity contribution >= 4 is 29.9 Å². The first-order valence-corrected chi connectivity index (χ1v) is 10.5. The Balaban J connectivity index is 0.00000363. The summed E-state index contributed by atoms with van der Waals surface area (Å²) < 4.78 is 5.93. The Kier molecular flexibility index (Phi) is 10.4. The van der Waals surface area contributed by atoms with Crippen LogP contribution in [0.5, 0.6) is 5.88 Å². The van der Waals surface area contributed by atoms with Gasteiger partial charge in [0.25, 0.3) is 0 Å². The molecule has 0 aliphatic carbocycles. The van der Waals surface area contributed by atoms with Gasteiger partial charge in [0, 0.05) is 18.3 Å². The highest BCUT2D eigenvalue weighted by Crippen LogP contribution is 2.19. The predicted molar refractivity (Wildman–Crippen MR) is 139 cm³/mol. The van der Waals surface area contributed by atoms with Gasteiger partial charge in [-0.15, -0.1) is 24.0 Å². The maximum absolute atomic E-state index is 10.8. The fourth-order valence-electron chi connectivity index (χ4n) is 3.06. The van der Waals surface area contributed by atoms with E-state index in [9.17, 15) is 5.11 Å². The van der Waals surface area contributed by atoms with Crippen LogP contribution < -0.4 is 15.4 Å². The molecule has 0 amide bonds. The number of benzene rings is 2. The van der Waals surface area contributed by atoms with Gasteiger partial charge in [-0.2, -0.15) is 0 Å². The van der Waals surface area contributed by atoms with E-state index in [1.54, 1.807) is 13.1 Å². The van der Waals surface area contributed by atoms with E-state index in [1.807, 2.05) is 79.7 Å². The highest BCUT2D eigenvalue weighted by Gasteiger charge is 2.23. The molecular formula is C25H31IN4O2. The summed E-state index contributed by atoms with van der Waals surface area (Å²) in [4.78, 5) is 9.03. The van der Waals surface area contributed by atoms with Crippen molar-refractivity contribution in [2.45, 2.75) is 32.6 Å². The van der Waals surface area contributed by atoms with E-state index in [0.717, 1.165) is 16.7 Å². The maximum atomic E-state index is 10.8. The minimum absolute atomic E-state index is 0. The number of aromatic nitrogens is 1. The predicted octanol–water partition coefficient (Wildman–Crippen LogP) is 4.24. The molecule has 0 saturated carbocycles. The second-order valence-corrected chi connectivity index (χ2v) is 7.43. The van der Waals surface area contributed by atoms with E-state index in [4.69, 9.17) is 4.74 Å². The van der Waals surface area contributed by atoms with Gasteiger partial charge in [-0.25, -0.2) is 9.98 Å². The van der Waals surface area contributed by atoms with Gasteiger partial charge in [0.05, 0.1) is 13.1 Å². The van der Waals surface area contributed by atoms with Crippen LogP contribution in [0.1, 0.15) is 30.5 Å². The molecule has 0 saturated heterocycles. The number of halogens is 1. The molecule has 0 bridgehead atoms. The quantitative estimate of drug-likeness (QED) is 0.213. The van der Waals surface area contributed by atoms with Crippen LogP contribution in [0.15, 0.2) is 84.0 Å². The van der Waals surface area contributed by atoms with Crippen molar-refractivity contribution in [3.63, 3.8) is 0 Å². The summed E-state index contributed by atoms with van der Waals surface area (Å²) in [7, 11) is 0. The third-order valence-corrected chi connectivity index (χ3v) is 4.82. The SMILES string of the molecule is CCNC(=NCc1cccnc1OCc1ccccc1)NCC(C)(O)c1ccccc1.I. The van der Waals surface area contributed by atoms with Crippen LogP contribution in [-0.4, -0.2) is 29.1 Å². The molecule has 0 aliphatic heterocycles. The summed E-state index contributed by atoms with van der Waals surface area (Å²) in [6.45, 7) is 5.69. The molecule has 3 N–H and O–H groups in total. The van der Waals surface area contributed by atoms with Crippen molar-refractivity contribution in [2.75, 3.05) is 13.1 Å². The third kappa shape index (κ3) is 7.80. The van der Waals surface area contributed by atoms with Crippen LogP contribution in [0.4, 0.5) is 0 Å². The molecule has 1 atom stereocenters. The highest BCUT2D eigenvalue weighted by molar-refractivity contribution is 14.0. The lowest BCUT2D eigenvalue weighted by atomic mass is 9.96. The van der Waals surface area contributed by atoms with E-state index in [-0.39, 0.29) is 24.0 Å². The first-order valence-electron chi connectivity index (χ1n) is 10.5. The molecule has 0 aliphatic rings. The summed E-state index contributed by atoms with van der Waals surface area (Å²) >= 11 is 0. The zero-order valence-electron chi connectivity index (χ0n) is 18.5. The molecule has 3 aromatic rings. The summed E-state index contributed by atoms with van der Waals surface area (Å²) in [6.07, 6.45) is 1.72. The Labute approximate surface area is 207 Å². The molecule has 1 aromatic heterocycles. The number of guanidine groups is 1. The Morgan fingerprint density at radius 1 is 1.00 bits per heavy atom. The number of hydrogen-bond acceptors (Lipinski definition) is 4. The zero-order valence-corrected chi connectivity index (χ0v) is 20.8. The standard InChI is InChI=1S/C25H30N4O2.HI/c1-3-26-24(29-19-25(2,30)22-14-8-5-9-15-22)28-17-21-13-10-16-27-23(21)31-18-20-11-6-4-7-12-20;/h4-16,30H,3,17-19H2,1-2H3,(H2,26,28,29);1H. The number of hydrogen-bond donors (Lipinski definition) is 3. The number of nitrogens with zero attached hydrogens (tertiary/aromatic N) is 2. The molecule has 7 heteroatoms. The maximum Gasteiger partial charge on any atom is 0.218 e.